The van der Waals surface area contributed by atoms with Gasteiger partial charge in [-0.15, -0.1) is 0 Å². The van der Waals surface area contributed by atoms with Crippen LogP contribution < -0.4 is 5.32 Å². The van der Waals surface area contributed by atoms with Crippen molar-refractivity contribution in [1.29, 1.82) is 0 Å². The van der Waals surface area contributed by atoms with Gasteiger partial charge in [0.25, 0.3) is 5.91 Å². The van der Waals surface area contributed by atoms with Crippen molar-refractivity contribution >= 4 is 27.7 Å². The minimum absolute atomic E-state index is 0.0387. The third kappa shape index (κ3) is 5.19. The van der Waals surface area contributed by atoms with Gasteiger partial charge in [0.2, 0.25) is 5.91 Å². The maximum absolute atomic E-state index is 12.5. The van der Waals surface area contributed by atoms with Crippen LogP contribution in [-0.4, -0.2) is 40.4 Å². The van der Waals surface area contributed by atoms with Crippen molar-refractivity contribution in [2.45, 2.75) is 46.2 Å². The third-order valence-electron chi connectivity index (χ3n) is 2.83. The average molecular weight is 358 g/mol. The van der Waals surface area contributed by atoms with Crippen molar-refractivity contribution in [3.05, 3.63) is 22.4 Å². The summed E-state index contributed by atoms with van der Waals surface area (Å²) >= 11 is 3.39. The van der Waals surface area contributed by atoms with E-state index < -0.39 is 0 Å². The Balaban J connectivity index is 2.82. The quantitative estimate of drug-likeness (QED) is 0.900. The zero-order valence-corrected chi connectivity index (χ0v) is 15.1. The lowest BCUT2D eigenvalue weighted by Gasteiger charge is -2.24. The Hall–Kier alpha value is -1.30. The number of aromatic nitrogens is 1. The summed E-state index contributed by atoms with van der Waals surface area (Å²) in [6.07, 6.45) is 1.88. The minimum atomic E-state index is -0.303. The third-order valence-corrected chi connectivity index (χ3v) is 3.27. The molecular weight excluding hydrogens is 334 g/mol. The Morgan fingerprint density at radius 3 is 2.43 bits per heavy atom. The van der Waals surface area contributed by atoms with Gasteiger partial charge in [-0.3, -0.25) is 9.59 Å². The van der Waals surface area contributed by atoms with E-state index >= 15 is 0 Å². The number of carbonyl (C=O) groups is 2. The predicted molar refractivity (Wildman–Crippen MR) is 87.4 cm³/mol. The molecule has 2 amide bonds. The lowest BCUT2D eigenvalue weighted by Crippen LogP contribution is -2.46. The monoisotopic (exact) mass is 357 g/mol. The molecule has 21 heavy (non-hydrogen) atoms. The van der Waals surface area contributed by atoms with Gasteiger partial charge in [0.05, 0.1) is 6.54 Å². The van der Waals surface area contributed by atoms with Crippen LogP contribution in [0.25, 0.3) is 0 Å². The minimum Gasteiger partial charge on any atom is -0.350 e. The van der Waals surface area contributed by atoms with Crippen molar-refractivity contribution in [1.82, 2.24) is 14.8 Å². The van der Waals surface area contributed by atoms with Gasteiger partial charge in [-0.25, -0.2) is 0 Å². The summed E-state index contributed by atoms with van der Waals surface area (Å²) in [5.74, 6) is -0.335. The molecule has 1 rings (SSSR count). The highest BCUT2D eigenvalue weighted by molar-refractivity contribution is 9.10. The van der Waals surface area contributed by atoms with E-state index in [9.17, 15) is 9.59 Å². The molecule has 0 unspecified atom stereocenters. The molecule has 0 aromatic carbocycles. The second kappa shape index (κ2) is 6.64. The van der Waals surface area contributed by atoms with Gasteiger partial charge in [0, 0.05) is 29.3 Å². The van der Waals surface area contributed by atoms with Crippen LogP contribution in [0.1, 0.15) is 51.1 Å². The molecule has 118 valence electrons. The normalized spacial score (nSPS) is 11.6. The van der Waals surface area contributed by atoms with Gasteiger partial charge in [0.1, 0.15) is 5.69 Å². The van der Waals surface area contributed by atoms with Crippen LogP contribution in [0, 0.1) is 0 Å². The molecule has 0 saturated carbocycles. The first-order chi connectivity index (χ1) is 9.51. The topological polar surface area (TPSA) is 54.3 Å². The Bertz CT molecular complexity index is 530. The van der Waals surface area contributed by atoms with E-state index in [1.54, 1.807) is 13.1 Å². The van der Waals surface area contributed by atoms with Crippen molar-refractivity contribution in [3.63, 3.8) is 0 Å². The zero-order chi connectivity index (χ0) is 16.4. The number of carbonyl (C=O) groups excluding carboxylic acids is 2. The fourth-order valence-corrected chi connectivity index (χ4v) is 2.42. The summed E-state index contributed by atoms with van der Waals surface area (Å²) in [5.41, 5.74) is 0.269. The number of rotatable bonds is 4. The molecule has 1 N–H and O–H groups in total. The Morgan fingerprint density at radius 2 is 1.95 bits per heavy atom. The number of likely N-dealkylation sites (N-methyl/N-ethyl adjacent to an activating group) is 1. The van der Waals surface area contributed by atoms with Crippen LogP contribution in [0.5, 0.6) is 0 Å². The second-order valence-electron chi connectivity index (χ2n) is 6.50. The second-order valence-corrected chi connectivity index (χ2v) is 7.42. The standard InChI is InChI=1S/C15H24BrN3O2/c1-10(2)19-8-11(16)7-12(19)14(21)18(6)9-13(20)17-15(3,4)5/h7-8,10H,9H2,1-6H3,(H,17,20). The van der Waals surface area contributed by atoms with E-state index in [4.69, 9.17) is 0 Å². The highest BCUT2D eigenvalue weighted by Crippen LogP contribution is 2.20. The Morgan fingerprint density at radius 1 is 1.38 bits per heavy atom. The van der Waals surface area contributed by atoms with Gasteiger partial charge >= 0.3 is 0 Å². The van der Waals surface area contributed by atoms with Gasteiger partial charge in [-0.2, -0.15) is 0 Å². The highest BCUT2D eigenvalue weighted by atomic mass is 79.9. The maximum atomic E-state index is 12.5. The largest absolute Gasteiger partial charge is 0.350 e. The molecule has 1 heterocycles. The summed E-state index contributed by atoms with van der Waals surface area (Å²) in [4.78, 5) is 25.8. The molecule has 1 aromatic rings. The molecule has 5 nitrogen and oxygen atoms in total. The van der Waals surface area contributed by atoms with E-state index in [2.05, 4.69) is 21.2 Å². The van der Waals surface area contributed by atoms with Crippen LogP contribution >= 0.6 is 15.9 Å². The highest BCUT2D eigenvalue weighted by Gasteiger charge is 2.22. The van der Waals surface area contributed by atoms with E-state index in [0.29, 0.717) is 5.69 Å². The molecule has 0 atom stereocenters. The molecule has 0 aliphatic heterocycles. The number of halogens is 1. The molecule has 0 radical (unpaired) electrons. The summed E-state index contributed by atoms with van der Waals surface area (Å²) in [6, 6.07) is 1.95. The smallest absolute Gasteiger partial charge is 0.270 e. The van der Waals surface area contributed by atoms with Crippen LogP contribution in [0.2, 0.25) is 0 Å². The first-order valence-electron chi connectivity index (χ1n) is 6.95. The van der Waals surface area contributed by atoms with Crippen molar-refractivity contribution in [2.75, 3.05) is 13.6 Å². The van der Waals surface area contributed by atoms with Crippen LogP contribution in [0.15, 0.2) is 16.7 Å². The van der Waals surface area contributed by atoms with E-state index in [-0.39, 0.29) is 29.9 Å². The molecule has 0 aliphatic carbocycles. The van der Waals surface area contributed by atoms with E-state index in [1.165, 1.54) is 4.90 Å². The number of amides is 2. The fraction of sp³-hybridized carbons (Fsp3) is 0.600. The molecule has 6 heteroatoms. The number of hydrogen-bond acceptors (Lipinski definition) is 2. The molecule has 0 aliphatic rings. The van der Waals surface area contributed by atoms with Gasteiger partial charge < -0.3 is 14.8 Å². The van der Waals surface area contributed by atoms with Crippen LogP contribution in [0.3, 0.4) is 0 Å². The zero-order valence-electron chi connectivity index (χ0n) is 13.5. The fourth-order valence-electron chi connectivity index (χ4n) is 1.98. The molecule has 0 fully saturated rings. The summed E-state index contributed by atoms with van der Waals surface area (Å²) < 4.78 is 2.75. The average Bonchev–Trinajstić information content (AvgIpc) is 2.67. The van der Waals surface area contributed by atoms with E-state index in [0.717, 1.165) is 4.47 Å². The molecule has 0 spiro atoms. The first kappa shape index (κ1) is 17.8. The first-order valence-corrected chi connectivity index (χ1v) is 7.74. The Labute approximate surface area is 134 Å². The van der Waals surface area contributed by atoms with Crippen molar-refractivity contribution in [3.8, 4) is 0 Å². The summed E-state index contributed by atoms with van der Waals surface area (Å²) in [5, 5.41) is 2.85. The molecule has 0 bridgehead atoms. The molecule has 1 aromatic heterocycles. The summed E-state index contributed by atoms with van der Waals surface area (Å²) in [6.45, 7) is 9.79. The Kier molecular flexibility index (Phi) is 5.61. The van der Waals surface area contributed by atoms with Gasteiger partial charge in [-0.05, 0) is 56.6 Å². The summed E-state index contributed by atoms with van der Waals surface area (Å²) in [7, 11) is 1.64. The van der Waals surface area contributed by atoms with E-state index in [1.807, 2.05) is 45.4 Å². The lowest BCUT2D eigenvalue weighted by molar-refractivity contribution is -0.122. The van der Waals surface area contributed by atoms with Crippen molar-refractivity contribution in [2.24, 2.45) is 0 Å². The van der Waals surface area contributed by atoms with Crippen LogP contribution in [-0.2, 0) is 4.79 Å². The van der Waals surface area contributed by atoms with Crippen LogP contribution in [0.4, 0.5) is 0 Å². The van der Waals surface area contributed by atoms with Crippen molar-refractivity contribution < 1.29 is 9.59 Å². The maximum Gasteiger partial charge on any atom is 0.270 e. The van der Waals surface area contributed by atoms with Gasteiger partial charge in [0.15, 0.2) is 0 Å². The molecular formula is C15H24BrN3O2. The lowest BCUT2D eigenvalue weighted by atomic mass is 10.1. The van der Waals surface area contributed by atoms with Gasteiger partial charge in [-0.1, -0.05) is 0 Å². The number of hydrogen-bond donors (Lipinski definition) is 1. The number of nitrogens with zero attached hydrogens (tertiary/aromatic N) is 2. The number of nitrogens with one attached hydrogen (secondary N) is 1. The SMILES string of the molecule is CC(C)n1cc(Br)cc1C(=O)N(C)CC(=O)NC(C)(C)C. The molecule has 0 saturated heterocycles. The predicted octanol–water partition coefficient (Wildman–Crippen LogP) is 2.82.